The molecule has 0 unspecified atom stereocenters. The lowest BCUT2D eigenvalue weighted by atomic mass is 10.0. The molecule has 132 valence electrons. The van der Waals surface area contributed by atoms with E-state index >= 15 is 0 Å². The summed E-state index contributed by atoms with van der Waals surface area (Å²) in [6.45, 7) is 0.491. The third kappa shape index (κ3) is 1.85. The Bertz CT molecular complexity index is 1070. The highest BCUT2D eigenvalue weighted by atomic mass is 19.1. The number of fused-ring (bicyclic) bond motifs is 2. The fraction of sp³-hybridized carbons (Fsp3) is 0.294. The van der Waals surface area contributed by atoms with E-state index in [0.29, 0.717) is 13.0 Å². The fourth-order valence-corrected chi connectivity index (χ4v) is 4.28. The zero-order valence-corrected chi connectivity index (χ0v) is 13.5. The molecule has 1 saturated carbocycles. The summed E-state index contributed by atoms with van der Waals surface area (Å²) in [5.41, 5.74) is -0.630. The summed E-state index contributed by atoms with van der Waals surface area (Å²) in [6, 6.07) is 4.99. The van der Waals surface area contributed by atoms with Gasteiger partial charge in [0.05, 0.1) is 10.5 Å². The second-order valence-electron chi connectivity index (χ2n) is 6.71. The lowest BCUT2D eigenvalue weighted by Crippen LogP contribution is -2.34. The van der Waals surface area contributed by atoms with E-state index in [1.807, 2.05) is 0 Å². The van der Waals surface area contributed by atoms with Crippen LogP contribution in [-0.2, 0) is 5.54 Å². The van der Waals surface area contributed by atoms with Gasteiger partial charge < -0.3 is 4.90 Å². The Morgan fingerprint density at radius 1 is 1.35 bits per heavy atom. The number of piperidine rings is 1. The molecule has 9 heteroatoms. The molecular formula is C17H13F2N5O2. The van der Waals surface area contributed by atoms with Crippen LogP contribution < -0.4 is 4.90 Å². The second-order valence-corrected chi connectivity index (χ2v) is 6.71. The Hall–Kier alpha value is -3.10. The molecule has 0 radical (unpaired) electrons. The van der Waals surface area contributed by atoms with Gasteiger partial charge in [0.15, 0.2) is 0 Å². The Morgan fingerprint density at radius 2 is 2.19 bits per heavy atom. The van der Waals surface area contributed by atoms with Crippen molar-refractivity contribution in [3.05, 3.63) is 64.0 Å². The molecule has 0 amide bonds. The minimum Gasteiger partial charge on any atom is -0.339 e. The lowest BCUT2D eigenvalue weighted by Gasteiger charge is -2.28. The Balaban J connectivity index is 1.72. The van der Waals surface area contributed by atoms with E-state index < -0.39 is 22.1 Å². The van der Waals surface area contributed by atoms with Gasteiger partial charge in [-0.1, -0.05) is 0 Å². The summed E-state index contributed by atoms with van der Waals surface area (Å²) < 4.78 is 29.6. The van der Waals surface area contributed by atoms with Crippen LogP contribution in [-0.4, -0.2) is 26.1 Å². The van der Waals surface area contributed by atoms with Crippen LogP contribution in [0.15, 0.2) is 36.7 Å². The zero-order valence-electron chi connectivity index (χ0n) is 13.5. The summed E-state index contributed by atoms with van der Waals surface area (Å²) in [4.78, 5) is 17.0. The molecule has 7 nitrogen and oxygen atoms in total. The summed E-state index contributed by atoms with van der Waals surface area (Å²) in [5.74, 6) is -0.765. The van der Waals surface area contributed by atoms with Crippen molar-refractivity contribution in [3.63, 3.8) is 0 Å². The van der Waals surface area contributed by atoms with Crippen molar-refractivity contribution in [2.24, 2.45) is 5.92 Å². The summed E-state index contributed by atoms with van der Waals surface area (Å²) >= 11 is 0. The first-order valence-corrected chi connectivity index (χ1v) is 8.23. The molecule has 1 aliphatic carbocycles. The molecule has 0 N–H and O–H groups in total. The standard InChI is InChI=1S/C17H13F2N5O2/c18-11-2-3-13(19)12(8-11)17-9-10(17)4-7-22(17)16-14(24(25)26)15-20-5-1-6-23(15)21-16/h1-3,5-6,8,10H,4,7,9H2/t10-,17+/m0/s1. The summed E-state index contributed by atoms with van der Waals surface area (Å²) in [7, 11) is 0. The highest BCUT2D eigenvalue weighted by Crippen LogP contribution is 2.64. The molecule has 2 aromatic heterocycles. The van der Waals surface area contributed by atoms with E-state index in [1.165, 1.54) is 16.8 Å². The van der Waals surface area contributed by atoms with Gasteiger partial charge in [0, 0.05) is 24.5 Å². The van der Waals surface area contributed by atoms with Crippen molar-refractivity contribution >= 4 is 17.2 Å². The maximum atomic E-state index is 14.5. The molecule has 1 aliphatic heterocycles. The minimum absolute atomic E-state index is 0.121. The average Bonchev–Trinajstić information content (AvgIpc) is 3.04. The number of benzene rings is 1. The number of anilines is 1. The number of nitro groups is 1. The fourth-order valence-electron chi connectivity index (χ4n) is 4.28. The van der Waals surface area contributed by atoms with Crippen LogP contribution in [0.1, 0.15) is 18.4 Å². The molecular weight excluding hydrogens is 344 g/mol. The van der Waals surface area contributed by atoms with E-state index in [0.717, 1.165) is 18.6 Å². The van der Waals surface area contributed by atoms with Crippen LogP contribution in [0.25, 0.3) is 5.65 Å². The number of rotatable bonds is 3. The Morgan fingerprint density at radius 3 is 2.96 bits per heavy atom. The van der Waals surface area contributed by atoms with Crippen LogP contribution in [0.4, 0.5) is 20.3 Å². The molecule has 5 rings (SSSR count). The highest BCUT2D eigenvalue weighted by molar-refractivity contribution is 5.76. The highest BCUT2D eigenvalue weighted by Gasteiger charge is 2.65. The van der Waals surface area contributed by atoms with Gasteiger partial charge in [0.2, 0.25) is 11.5 Å². The van der Waals surface area contributed by atoms with E-state index in [2.05, 4.69) is 10.1 Å². The van der Waals surface area contributed by atoms with E-state index in [9.17, 15) is 18.9 Å². The lowest BCUT2D eigenvalue weighted by molar-refractivity contribution is -0.382. The van der Waals surface area contributed by atoms with Crippen LogP contribution in [0, 0.1) is 27.7 Å². The number of nitrogens with zero attached hydrogens (tertiary/aromatic N) is 5. The van der Waals surface area contributed by atoms with Gasteiger partial charge >= 0.3 is 5.69 Å². The van der Waals surface area contributed by atoms with Crippen molar-refractivity contribution in [2.75, 3.05) is 11.4 Å². The first-order valence-electron chi connectivity index (χ1n) is 8.23. The number of aromatic nitrogens is 3. The van der Waals surface area contributed by atoms with Crippen LogP contribution >= 0.6 is 0 Å². The molecule has 0 spiro atoms. The summed E-state index contributed by atoms with van der Waals surface area (Å²) in [5, 5.41) is 16.0. The molecule has 2 aliphatic rings. The molecule has 2 atom stereocenters. The maximum Gasteiger partial charge on any atom is 0.357 e. The van der Waals surface area contributed by atoms with Gasteiger partial charge in [-0.05, 0) is 43.0 Å². The van der Waals surface area contributed by atoms with Gasteiger partial charge in [-0.25, -0.2) is 18.3 Å². The third-order valence-corrected chi connectivity index (χ3v) is 5.44. The van der Waals surface area contributed by atoms with E-state index in [4.69, 9.17) is 0 Å². The predicted octanol–water partition coefficient (Wildman–Crippen LogP) is 3.04. The van der Waals surface area contributed by atoms with Gasteiger partial charge in [0.1, 0.15) is 11.6 Å². The molecule has 1 aromatic carbocycles. The quantitative estimate of drug-likeness (QED) is 0.532. The molecule has 3 heterocycles. The molecule has 1 saturated heterocycles. The van der Waals surface area contributed by atoms with Crippen molar-refractivity contribution in [2.45, 2.75) is 18.4 Å². The normalized spacial score (nSPS) is 24.1. The molecule has 26 heavy (non-hydrogen) atoms. The average molecular weight is 357 g/mol. The smallest absolute Gasteiger partial charge is 0.339 e. The molecule has 2 fully saturated rings. The van der Waals surface area contributed by atoms with Crippen LogP contribution in [0.2, 0.25) is 0 Å². The molecule has 3 aromatic rings. The summed E-state index contributed by atoms with van der Waals surface area (Å²) in [6.07, 6.45) is 4.40. The van der Waals surface area contributed by atoms with E-state index in [-0.39, 0.29) is 28.6 Å². The Labute approximate surface area is 146 Å². The molecule has 0 bridgehead atoms. The van der Waals surface area contributed by atoms with Crippen molar-refractivity contribution < 1.29 is 13.7 Å². The van der Waals surface area contributed by atoms with Gasteiger partial charge in [-0.3, -0.25) is 10.1 Å². The van der Waals surface area contributed by atoms with Crippen molar-refractivity contribution in [3.8, 4) is 0 Å². The van der Waals surface area contributed by atoms with E-state index in [1.54, 1.807) is 17.2 Å². The van der Waals surface area contributed by atoms with Crippen molar-refractivity contribution in [1.82, 2.24) is 14.6 Å². The Kier molecular flexibility index (Phi) is 2.90. The maximum absolute atomic E-state index is 14.5. The number of halogens is 2. The van der Waals surface area contributed by atoms with Crippen LogP contribution in [0.5, 0.6) is 0 Å². The zero-order chi connectivity index (χ0) is 18.1. The van der Waals surface area contributed by atoms with Gasteiger partial charge in [-0.15, -0.1) is 5.10 Å². The first-order chi connectivity index (χ1) is 12.5. The van der Waals surface area contributed by atoms with Gasteiger partial charge in [0.25, 0.3) is 0 Å². The largest absolute Gasteiger partial charge is 0.357 e. The van der Waals surface area contributed by atoms with Crippen molar-refractivity contribution in [1.29, 1.82) is 0 Å². The second kappa shape index (κ2) is 4.96. The third-order valence-electron chi connectivity index (χ3n) is 5.44. The predicted molar refractivity (Wildman–Crippen MR) is 87.7 cm³/mol. The monoisotopic (exact) mass is 357 g/mol. The topological polar surface area (TPSA) is 76.6 Å². The van der Waals surface area contributed by atoms with Crippen LogP contribution in [0.3, 0.4) is 0 Å². The first kappa shape index (κ1) is 15.2. The number of hydrogen-bond donors (Lipinski definition) is 0. The SMILES string of the molecule is O=[N+]([O-])c1c(N2CC[C@H]3C[C@]32c2cc(F)ccc2F)nn2cccnc12. The number of hydrogen-bond acceptors (Lipinski definition) is 5. The van der Waals surface area contributed by atoms with Gasteiger partial charge in [-0.2, -0.15) is 0 Å². The minimum atomic E-state index is -0.783.